The first-order valence-corrected chi connectivity index (χ1v) is 9.86. The lowest BCUT2D eigenvalue weighted by molar-refractivity contribution is 0.0162. The molecular weight excluding hydrogens is 387 g/mol. The van der Waals surface area contributed by atoms with Gasteiger partial charge in [-0.25, -0.2) is 9.07 Å². The number of halogens is 1. The summed E-state index contributed by atoms with van der Waals surface area (Å²) in [6.45, 7) is 2.98. The standard InChI is InChI=1S/C22H23FN4O3/c1-26-22(29)18-5-3-2-4-17(18)20(25-26)21(28)24-14-19(27-10-12-30-13-11-27)15-6-8-16(23)9-7-15/h2-9,19H,10-14H2,1H3,(H,24,28). The molecule has 8 heteroatoms. The molecule has 1 aliphatic heterocycles. The molecule has 0 bridgehead atoms. The molecule has 1 atom stereocenters. The predicted octanol–water partition coefficient (Wildman–Crippen LogP) is 1.88. The van der Waals surface area contributed by atoms with Crippen LogP contribution in [0.5, 0.6) is 0 Å². The fourth-order valence-electron chi connectivity index (χ4n) is 3.77. The van der Waals surface area contributed by atoms with Crippen LogP contribution in [0.15, 0.2) is 53.3 Å². The van der Waals surface area contributed by atoms with Crippen molar-refractivity contribution in [3.8, 4) is 0 Å². The summed E-state index contributed by atoms with van der Waals surface area (Å²) in [7, 11) is 1.53. The Morgan fingerprint density at radius 3 is 2.50 bits per heavy atom. The Balaban J connectivity index is 1.60. The minimum absolute atomic E-state index is 0.128. The maximum Gasteiger partial charge on any atom is 0.274 e. The molecule has 3 aromatic rings. The number of carbonyl (C=O) groups excluding carboxylic acids is 1. The second kappa shape index (κ2) is 8.73. The Kier molecular flexibility index (Phi) is 5.87. The van der Waals surface area contributed by atoms with E-state index in [-0.39, 0.29) is 29.0 Å². The second-order valence-corrected chi connectivity index (χ2v) is 7.25. The van der Waals surface area contributed by atoms with Crippen molar-refractivity contribution in [2.75, 3.05) is 32.8 Å². The molecule has 1 aromatic heterocycles. The molecule has 0 aliphatic carbocycles. The average molecular weight is 410 g/mol. The van der Waals surface area contributed by atoms with Gasteiger partial charge in [-0.15, -0.1) is 0 Å². The molecule has 2 heterocycles. The van der Waals surface area contributed by atoms with Crippen LogP contribution < -0.4 is 10.9 Å². The van der Waals surface area contributed by atoms with Gasteiger partial charge in [0.25, 0.3) is 11.5 Å². The Hall–Kier alpha value is -3.10. The van der Waals surface area contributed by atoms with Crippen LogP contribution in [0.1, 0.15) is 22.1 Å². The molecule has 7 nitrogen and oxygen atoms in total. The Labute approximate surface area is 173 Å². The van der Waals surface area contributed by atoms with E-state index in [0.717, 1.165) is 18.7 Å². The first kappa shape index (κ1) is 20.2. The van der Waals surface area contributed by atoms with E-state index in [1.807, 2.05) is 0 Å². The van der Waals surface area contributed by atoms with Crippen molar-refractivity contribution in [1.29, 1.82) is 0 Å². The lowest BCUT2D eigenvalue weighted by Gasteiger charge is -2.35. The lowest BCUT2D eigenvalue weighted by Crippen LogP contribution is -2.44. The van der Waals surface area contributed by atoms with Gasteiger partial charge in [0.2, 0.25) is 0 Å². The molecule has 4 rings (SSSR count). The van der Waals surface area contributed by atoms with E-state index < -0.39 is 0 Å². The number of fused-ring (bicyclic) bond motifs is 1. The van der Waals surface area contributed by atoms with Gasteiger partial charge in [-0.2, -0.15) is 5.10 Å². The number of rotatable bonds is 5. The maximum absolute atomic E-state index is 13.4. The van der Waals surface area contributed by atoms with Crippen molar-refractivity contribution in [3.63, 3.8) is 0 Å². The molecule has 2 aromatic carbocycles. The van der Waals surface area contributed by atoms with Crippen molar-refractivity contribution in [2.45, 2.75) is 6.04 Å². The Morgan fingerprint density at radius 2 is 1.80 bits per heavy atom. The quantitative estimate of drug-likeness (QED) is 0.695. The molecule has 1 saturated heterocycles. The van der Waals surface area contributed by atoms with E-state index in [1.54, 1.807) is 36.4 Å². The summed E-state index contributed by atoms with van der Waals surface area (Å²) in [4.78, 5) is 27.5. The molecule has 1 unspecified atom stereocenters. The van der Waals surface area contributed by atoms with Crippen LogP contribution in [0.3, 0.4) is 0 Å². The Bertz CT molecular complexity index is 1110. The normalized spacial score (nSPS) is 15.8. The number of hydrogen-bond acceptors (Lipinski definition) is 5. The molecule has 0 spiro atoms. The van der Waals surface area contributed by atoms with Crippen LogP contribution in [0.4, 0.5) is 4.39 Å². The lowest BCUT2D eigenvalue weighted by atomic mass is 10.0. The molecule has 156 valence electrons. The smallest absolute Gasteiger partial charge is 0.274 e. The number of benzene rings is 2. The number of ether oxygens (including phenoxy) is 1. The highest BCUT2D eigenvalue weighted by Crippen LogP contribution is 2.22. The fourth-order valence-corrected chi connectivity index (χ4v) is 3.77. The number of hydrogen-bond donors (Lipinski definition) is 1. The van der Waals surface area contributed by atoms with Crippen molar-refractivity contribution in [3.05, 3.63) is 76.0 Å². The molecule has 1 amide bonds. The van der Waals surface area contributed by atoms with Gasteiger partial charge in [-0.3, -0.25) is 14.5 Å². The topological polar surface area (TPSA) is 76.5 Å². The first-order chi connectivity index (χ1) is 14.5. The third-order valence-electron chi connectivity index (χ3n) is 5.37. The number of amides is 1. The zero-order valence-electron chi connectivity index (χ0n) is 16.7. The zero-order chi connectivity index (χ0) is 21.1. The zero-order valence-corrected chi connectivity index (χ0v) is 16.7. The predicted molar refractivity (Wildman–Crippen MR) is 111 cm³/mol. The van der Waals surface area contributed by atoms with Gasteiger partial charge in [-0.05, 0) is 23.8 Å². The van der Waals surface area contributed by atoms with Gasteiger partial charge in [0, 0.05) is 32.1 Å². The highest BCUT2D eigenvalue weighted by Gasteiger charge is 2.24. The molecule has 0 radical (unpaired) electrons. The van der Waals surface area contributed by atoms with E-state index in [9.17, 15) is 14.0 Å². The van der Waals surface area contributed by atoms with Crippen LogP contribution in [-0.4, -0.2) is 53.4 Å². The molecular formula is C22H23FN4O3. The van der Waals surface area contributed by atoms with Crippen LogP contribution >= 0.6 is 0 Å². The van der Waals surface area contributed by atoms with Crippen LogP contribution in [0.2, 0.25) is 0 Å². The van der Waals surface area contributed by atoms with Gasteiger partial charge in [0.05, 0.1) is 24.6 Å². The summed E-state index contributed by atoms with van der Waals surface area (Å²) in [5, 5.41) is 8.10. The maximum atomic E-state index is 13.4. The van der Waals surface area contributed by atoms with Crippen molar-refractivity contribution in [1.82, 2.24) is 20.0 Å². The summed E-state index contributed by atoms with van der Waals surface area (Å²) in [6.07, 6.45) is 0. The molecule has 0 saturated carbocycles. The van der Waals surface area contributed by atoms with E-state index in [4.69, 9.17) is 4.74 Å². The third-order valence-corrected chi connectivity index (χ3v) is 5.37. The number of aromatic nitrogens is 2. The van der Waals surface area contributed by atoms with Gasteiger partial charge >= 0.3 is 0 Å². The van der Waals surface area contributed by atoms with E-state index in [0.29, 0.717) is 30.5 Å². The summed E-state index contributed by atoms with van der Waals surface area (Å²) >= 11 is 0. The SMILES string of the molecule is Cn1nc(C(=O)NCC(c2ccc(F)cc2)N2CCOCC2)c2ccccc2c1=O. The van der Waals surface area contributed by atoms with Gasteiger partial charge in [-0.1, -0.05) is 30.3 Å². The molecule has 30 heavy (non-hydrogen) atoms. The van der Waals surface area contributed by atoms with Crippen molar-refractivity contribution >= 4 is 16.7 Å². The number of aryl methyl sites for hydroxylation is 1. The van der Waals surface area contributed by atoms with Crippen molar-refractivity contribution in [2.24, 2.45) is 7.05 Å². The van der Waals surface area contributed by atoms with Crippen LogP contribution in [0.25, 0.3) is 10.8 Å². The minimum atomic E-state index is -0.359. The monoisotopic (exact) mass is 410 g/mol. The number of carbonyl (C=O) groups is 1. The summed E-state index contributed by atoms with van der Waals surface area (Å²) in [5.74, 6) is -0.661. The van der Waals surface area contributed by atoms with E-state index in [2.05, 4.69) is 15.3 Å². The van der Waals surface area contributed by atoms with Gasteiger partial charge in [0.15, 0.2) is 5.69 Å². The third kappa shape index (κ3) is 4.10. The second-order valence-electron chi connectivity index (χ2n) is 7.25. The van der Waals surface area contributed by atoms with E-state index >= 15 is 0 Å². The fraction of sp³-hybridized carbons (Fsp3) is 0.318. The number of morpholine rings is 1. The Morgan fingerprint density at radius 1 is 1.13 bits per heavy atom. The number of nitrogens with zero attached hydrogens (tertiary/aromatic N) is 3. The molecule has 1 fully saturated rings. The summed E-state index contributed by atoms with van der Waals surface area (Å²) in [5.41, 5.74) is 0.865. The molecule has 1 N–H and O–H groups in total. The highest BCUT2D eigenvalue weighted by molar-refractivity contribution is 6.04. The van der Waals surface area contributed by atoms with Gasteiger partial charge < -0.3 is 10.1 Å². The number of nitrogens with one attached hydrogen (secondary N) is 1. The average Bonchev–Trinajstić information content (AvgIpc) is 2.78. The van der Waals surface area contributed by atoms with E-state index in [1.165, 1.54) is 23.9 Å². The summed E-state index contributed by atoms with van der Waals surface area (Å²) in [6, 6.07) is 13.1. The summed E-state index contributed by atoms with van der Waals surface area (Å²) < 4.78 is 20.0. The highest BCUT2D eigenvalue weighted by atomic mass is 19.1. The largest absolute Gasteiger partial charge is 0.379 e. The minimum Gasteiger partial charge on any atom is -0.379 e. The van der Waals surface area contributed by atoms with Crippen LogP contribution in [-0.2, 0) is 11.8 Å². The van der Waals surface area contributed by atoms with Crippen molar-refractivity contribution < 1.29 is 13.9 Å². The molecule has 1 aliphatic rings. The van der Waals surface area contributed by atoms with Gasteiger partial charge in [0.1, 0.15) is 5.82 Å². The van der Waals surface area contributed by atoms with Crippen LogP contribution in [0, 0.1) is 5.82 Å². The first-order valence-electron chi connectivity index (χ1n) is 9.86.